The molecule has 0 spiro atoms. The van der Waals surface area contributed by atoms with Crippen molar-refractivity contribution in [2.45, 2.75) is 5.88 Å². The number of rotatable bonds is 2. The molecule has 0 saturated carbocycles. The van der Waals surface area contributed by atoms with Gasteiger partial charge in [-0.05, 0) is 30.3 Å². The highest BCUT2D eigenvalue weighted by atomic mass is 79.9. The minimum atomic E-state index is 0.331. The zero-order valence-corrected chi connectivity index (χ0v) is 12.9. The van der Waals surface area contributed by atoms with Crippen LogP contribution < -0.4 is 0 Å². The largest absolute Gasteiger partial charge is 0.294 e. The molecule has 1 heterocycles. The van der Waals surface area contributed by atoms with E-state index in [4.69, 9.17) is 23.2 Å². The molecule has 0 bridgehead atoms. The molecule has 0 saturated heterocycles. The maximum atomic E-state index is 6.28. The summed E-state index contributed by atoms with van der Waals surface area (Å²) in [5.41, 5.74) is 2.78. The van der Waals surface area contributed by atoms with E-state index in [1.807, 2.05) is 47.0 Å². The molecule has 2 nitrogen and oxygen atoms in total. The highest BCUT2D eigenvalue weighted by Crippen LogP contribution is 2.28. The normalized spacial score (nSPS) is 11.1. The fourth-order valence-corrected chi connectivity index (χ4v) is 2.84. The van der Waals surface area contributed by atoms with E-state index in [2.05, 4.69) is 20.9 Å². The summed E-state index contributed by atoms with van der Waals surface area (Å²) in [4.78, 5) is 4.55. The van der Waals surface area contributed by atoms with Crippen molar-refractivity contribution in [1.82, 2.24) is 9.55 Å². The van der Waals surface area contributed by atoms with Crippen molar-refractivity contribution in [3.05, 3.63) is 57.8 Å². The maximum Gasteiger partial charge on any atom is 0.129 e. The van der Waals surface area contributed by atoms with Gasteiger partial charge in [0.25, 0.3) is 0 Å². The molecule has 0 radical (unpaired) electrons. The second kappa shape index (κ2) is 5.16. The van der Waals surface area contributed by atoms with Gasteiger partial charge in [-0.1, -0.05) is 39.7 Å². The number of aromatic nitrogens is 2. The third-order valence-corrected chi connectivity index (χ3v) is 3.95. The zero-order valence-electron chi connectivity index (χ0n) is 9.78. The Balaban J connectivity index is 2.36. The van der Waals surface area contributed by atoms with Gasteiger partial charge in [0.1, 0.15) is 5.82 Å². The summed E-state index contributed by atoms with van der Waals surface area (Å²) < 4.78 is 2.99. The van der Waals surface area contributed by atoms with E-state index in [9.17, 15) is 0 Å². The van der Waals surface area contributed by atoms with E-state index in [-0.39, 0.29) is 0 Å². The minimum absolute atomic E-state index is 0.331. The fraction of sp³-hybridized carbons (Fsp3) is 0.0714. The summed E-state index contributed by atoms with van der Waals surface area (Å²) >= 11 is 15.7. The third-order valence-electron chi connectivity index (χ3n) is 2.90. The van der Waals surface area contributed by atoms with Crippen LogP contribution in [0.5, 0.6) is 0 Å². The van der Waals surface area contributed by atoms with Crippen molar-refractivity contribution in [3.8, 4) is 5.69 Å². The average molecular weight is 356 g/mol. The number of halogens is 3. The summed E-state index contributed by atoms with van der Waals surface area (Å²) in [6.07, 6.45) is 0. The van der Waals surface area contributed by atoms with Gasteiger partial charge in [-0.15, -0.1) is 11.6 Å². The molecule has 0 atom stereocenters. The molecule has 3 rings (SSSR count). The van der Waals surface area contributed by atoms with Crippen molar-refractivity contribution >= 4 is 50.2 Å². The molecule has 19 heavy (non-hydrogen) atoms. The molecule has 0 N–H and O–H groups in total. The van der Waals surface area contributed by atoms with Crippen LogP contribution in [0.25, 0.3) is 16.7 Å². The molecule has 5 heteroatoms. The second-order valence-corrected chi connectivity index (χ2v) is 5.67. The van der Waals surface area contributed by atoms with Crippen LogP contribution in [0.3, 0.4) is 0 Å². The van der Waals surface area contributed by atoms with Gasteiger partial charge in [-0.3, -0.25) is 4.57 Å². The second-order valence-electron chi connectivity index (χ2n) is 4.08. The first-order valence-electron chi connectivity index (χ1n) is 5.68. The number of nitrogens with zero attached hydrogens (tertiary/aromatic N) is 2. The molecular formula is C14H9BrCl2N2. The molecule has 2 aromatic carbocycles. The molecular weight excluding hydrogens is 347 g/mol. The van der Waals surface area contributed by atoms with Gasteiger partial charge in [-0.2, -0.15) is 0 Å². The van der Waals surface area contributed by atoms with Crippen molar-refractivity contribution in [2.75, 3.05) is 0 Å². The van der Waals surface area contributed by atoms with E-state index >= 15 is 0 Å². The molecule has 0 aliphatic heterocycles. The van der Waals surface area contributed by atoms with E-state index in [1.165, 1.54) is 0 Å². The Morgan fingerprint density at radius 1 is 1.16 bits per heavy atom. The van der Waals surface area contributed by atoms with Gasteiger partial charge >= 0.3 is 0 Å². The highest BCUT2D eigenvalue weighted by Gasteiger charge is 2.13. The number of imidazole rings is 1. The smallest absolute Gasteiger partial charge is 0.129 e. The average Bonchev–Trinajstić information content (AvgIpc) is 2.76. The van der Waals surface area contributed by atoms with Gasteiger partial charge in [0.2, 0.25) is 0 Å². The van der Waals surface area contributed by atoms with Crippen LogP contribution in [-0.4, -0.2) is 9.55 Å². The molecule has 0 unspecified atom stereocenters. The fourth-order valence-electron chi connectivity index (χ4n) is 2.09. The monoisotopic (exact) mass is 354 g/mol. The van der Waals surface area contributed by atoms with Crippen molar-refractivity contribution in [1.29, 1.82) is 0 Å². The molecule has 1 aromatic heterocycles. The van der Waals surface area contributed by atoms with Gasteiger partial charge in [0.05, 0.1) is 27.6 Å². The van der Waals surface area contributed by atoms with E-state index < -0.39 is 0 Å². The summed E-state index contributed by atoms with van der Waals surface area (Å²) in [5.74, 6) is 1.11. The molecule has 3 aromatic rings. The Kier molecular flexibility index (Phi) is 3.52. The number of para-hydroxylation sites is 1. The summed E-state index contributed by atoms with van der Waals surface area (Å²) in [7, 11) is 0. The van der Waals surface area contributed by atoms with Gasteiger partial charge < -0.3 is 0 Å². The van der Waals surface area contributed by atoms with Crippen molar-refractivity contribution in [3.63, 3.8) is 0 Å². The van der Waals surface area contributed by atoms with Gasteiger partial charge in [0, 0.05) is 4.47 Å². The van der Waals surface area contributed by atoms with Crippen molar-refractivity contribution in [2.24, 2.45) is 0 Å². The Bertz CT molecular complexity index is 752. The molecule has 0 aliphatic rings. The Morgan fingerprint density at radius 2 is 1.95 bits per heavy atom. The zero-order chi connectivity index (χ0) is 13.4. The third kappa shape index (κ3) is 2.27. The molecule has 0 aliphatic carbocycles. The number of alkyl halides is 1. The lowest BCUT2D eigenvalue weighted by molar-refractivity contribution is 0.982. The number of hydrogen-bond acceptors (Lipinski definition) is 1. The first-order valence-corrected chi connectivity index (χ1v) is 7.39. The van der Waals surface area contributed by atoms with Gasteiger partial charge in [-0.25, -0.2) is 4.98 Å². The Hall–Kier alpha value is -1.03. The van der Waals surface area contributed by atoms with Crippen LogP contribution >= 0.6 is 39.1 Å². The molecule has 96 valence electrons. The SMILES string of the molecule is ClCc1nc2cc(Br)ccc2n1-c1ccccc1Cl. The number of hydrogen-bond donors (Lipinski definition) is 0. The van der Waals surface area contributed by atoms with Crippen LogP contribution in [0.2, 0.25) is 5.02 Å². The van der Waals surface area contributed by atoms with Crippen molar-refractivity contribution < 1.29 is 0 Å². The van der Waals surface area contributed by atoms with E-state index in [0.29, 0.717) is 10.9 Å². The lowest BCUT2D eigenvalue weighted by Crippen LogP contribution is -1.99. The number of benzene rings is 2. The lowest BCUT2D eigenvalue weighted by Gasteiger charge is -2.09. The highest BCUT2D eigenvalue weighted by molar-refractivity contribution is 9.10. The minimum Gasteiger partial charge on any atom is -0.294 e. The first-order chi connectivity index (χ1) is 9.20. The number of fused-ring (bicyclic) bond motifs is 1. The van der Waals surface area contributed by atoms with E-state index in [0.717, 1.165) is 27.0 Å². The predicted molar refractivity (Wildman–Crippen MR) is 83.3 cm³/mol. The summed E-state index contributed by atoms with van der Waals surface area (Å²) in [6.45, 7) is 0. The van der Waals surface area contributed by atoms with Crippen LogP contribution in [0.1, 0.15) is 5.82 Å². The quantitative estimate of drug-likeness (QED) is 0.579. The summed E-state index contributed by atoms with van der Waals surface area (Å²) in [5, 5.41) is 0.677. The summed E-state index contributed by atoms with van der Waals surface area (Å²) in [6, 6.07) is 13.6. The predicted octanol–water partition coefficient (Wildman–Crippen LogP) is 5.18. The lowest BCUT2D eigenvalue weighted by atomic mass is 10.3. The molecule has 0 amide bonds. The molecule has 0 fully saturated rings. The van der Waals surface area contributed by atoms with E-state index in [1.54, 1.807) is 0 Å². The van der Waals surface area contributed by atoms with Crippen LogP contribution in [0.15, 0.2) is 46.9 Å². The van der Waals surface area contributed by atoms with Gasteiger partial charge in [0.15, 0.2) is 0 Å². The van der Waals surface area contributed by atoms with Crippen LogP contribution in [0.4, 0.5) is 0 Å². The topological polar surface area (TPSA) is 17.8 Å². The van der Waals surface area contributed by atoms with Crippen LogP contribution in [-0.2, 0) is 5.88 Å². The van der Waals surface area contributed by atoms with Crippen LogP contribution in [0, 0.1) is 0 Å². The maximum absolute atomic E-state index is 6.28. The standard InChI is InChI=1S/C14H9BrCl2N2/c15-9-5-6-13-11(7-9)18-14(8-16)19(13)12-4-2-1-3-10(12)17/h1-7H,8H2. The first kappa shape index (κ1) is 13.0. The Morgan fingerprint density at radius 3 is 2.68 bits per heavy atom. The Labute approximate surface area is 129 Å².